The fraction of sp³-hybridized carbons (Fsp3) is 0.125. The van der Waals surface area contributed by atoms with Crippen LogP contribution in [0.25, 0.3) is 0 Å². The number of nitrogens with zero attached hydrogens (tertiary/aromatic N) is 4. The molecule has 0 saturated heterocycles. The highest BCUT2D eigenvalue weighted by atomic mass is 19.1. The van der Waals surface area contributed by atoms with E-state index in [1.165, 1.54) is 10.9 Å². The van der Waals surface area contributed by atoms with E-state index in [4.69, 9.17) is 10.6 Å². The monoisotopic (exact) mass is 224 g/mol. The molecule has 0 aliphatic carbocycles. The van der Waals surface area contributed by atoms with Gasteiger partial charge in [0.25, 0.3) is 5.88 Å². The van der Waals surface area contributed by atoms with Crippen LogP contribution in [0.3, 0.4) is 0 Å². The van der Waals surface area contributed by atoms with Crippen molar-refractivity contribution in [1.29, 1.82) is 0 Å². The van der Waals surface area contributed by atoms with Gasteiger partial charge >= 0.3 is 0 Å². The molecule has 2 aromatic heterocycles. The molecule has 3 N–H and O–H groups in total. The molecule has 0 bridgehead atoms. The lowest BCUT2D eigenvalue weighted by Gasteiger charge is -2.04. The zero-order chi connectivity index (χ0) is 11.5. The van der Waals surface area contributed by atoms with Gasteiger partial charge in [0.1, 0.15) is 0 Å². The van der Waals surface area contributed by atoms with Gasteiger partial charge in [-0.15, -0.1) is 0 Å². The normalized spacial score (nSPS) is 10.2. The van der Waals surface area contributed by atoms with Gasteiger partial charge in [-0.2, -0.15) is 14.5 Å². The van der Waals surface area contributed by atoms with Crippen LogP contribution in [-0.2, 0) is 7.05 Å². The van der Waals surface area contributed by atoms with E-state index < -0.39 is 5.82 Å². The van der Waals surface area contributed by atoms with Crippen LogP contribution in [0.2, 0.25) is 0 Å². The number of ether oxygens (including phenoxy) is 1. The van der Waals surface area contributed by atoms with Crippen LogP contribution in [0.5, 0.6) is 11.6 Å². The number of nitrogens with two attached hydrogens (primary N) is 1. The first-order valence-electron chi connectivity index (χ1n) is 4.34. The first-order valence-corrected chi connectivity index (χ1v) is 4.34. The minimum absolute atomic E-state index is 0.0697. The number of aryl methyl sites for hydroxylation is 1. The van der Waals surface area contributed by atoms with Crippen molar-refractivity contribution in [3.8, 4) is 11.6 Å². The number of hydrogen-bond acceptors (Lipinski definition) is 6. The molecule has 0 unspecified atom stereocenters. The molecule has 2 rings (SSSR count). The number of nitrogens with one attached hydrogen (secondary N) is 1. The summed E-state index contributed by atoms with van der Waals surface area (Å²) in [6, 6.07) is 0. The average Bonchev–Trinajstić information content (AvgIpc) is 2.67. The van der Waals surface area contributed by atoms with Gasteiger partial charge in [-0.1, -0.05) is 0 Å². The summed E-state index contributed by atoms with van der Waals surface area (Å²) in [7, 11) is 1.72. The van der Waals surface area contributed by atoms with Gasteiger partial charge in [-0.3, -0.25) is 10.1 Å². The van der Waals surface area contributed by atoms with Gasteiger partial charge in [-0.05, 0) is 0 Å². The molecule has 2 aromatic rings. The molecule has 0 aliphatic rings. The Kier molecular flexibility index (Phi) is 2.64. The fourth-order valence-corrected chi connectivity index (χ4v) is 1.06. The minimum atomic E-state index is -0.678. The maximum Gasteiger partial charge on any atom is 0.261 e. The predicted molar refractivity (Wildman–Crippen MR) is 53.1 cm³/mol. The largest absolute Gasteiger partial charge is 0.433 e. The summed E-state index contributed by atoms with van der Waals surface area (Å²) in [6.45, 7) is 0. The van der Waals surface area contributed by atoms with Gasteiger partial charge < -0.3 is 4.74 Å². The lowest BCUT2D eigenvalue weighted by atomic mass is 10.5. The Morgan fingerprint density at radius 1 is 1.50 bits per heavy atom. The maximum atomic E-state index is 13.3. The maximum absolute atomic E-state index is 13.3. The molecule has 0 aromatic carbocycles. The first-order chi connectivity index (χ1) is 7.69. The molecule has 2 heterocycles. The zero-order valence-corrected chi connectivity index (χ0v) is 8.38. The molecule has 0 amide bonds. The van der Waals surface area contributed by atoms with Gasteiger partial charge in [0.15, 0.2) is 5.75 Å². The average molecular weight is 224 g/mol. The molecule has 0 radical (unpaired) electrons. The van der Waals surface area contributed by atoms with Gasteiger partial charge in [0.2, 0.25) is 11.8 Å². The van der Waals surface area contributed by atoms with Gasteiger partial charge in [0, 0.05) is 7.05 Å². The SMILES string of the molecule is Cn1cc(Oc2nc(NN)ncc2F)cn1. The van der Waals surface area contributed by atoms with E-state index in [2.05, 4.69) is 20.5 Å². The highest BCUT2D eigenvalue weighted by Crippen LogP contribution is 2.21. The third-order valence-corrected chi connectivity index (χ3v) is 1.74. The van der Waals surface area contributed by atoms with Crippen LogP contribution in [0, 0.1) is 5.82 Å². The van der Waals surface area contributed by atoms with Gasteiger partial charge in [0.05, 0.1) is 18.6 Å². The third-order valence-electron chi connectivity index (χ3n) is 1.74. The van der Waals surface area contributed by atoms with Gasteiger partial charge in [-0.25, -0.2) is 10.8 Å². The molecule has 0 atom stereocenters. The number of rotatable bonds is 3. The summed E-state index contributed by atoms with van der Waals surface area (Å²) in [5.41, 5.74) is 2.20. The molecule has 8 heteroatoms. The molecular formula is C8H9FN6O. The molecule has 0 spiro atoms. The number of halogens is 1. The van der Waals surface area contributed by atoms with Crippen LogP contribution in [0.4, 0.5) is 10.3 Å². The van der Waals surface area contributed by atoms with Crippen molar-refractivity contribution in [2.75, 3.05) is 5.43 Å². The zero-order valence-electron chi connectivity index (χ0n) is 8.38. The smallest absolute Gasteiger partial charge is 0.261 e. The summed E-state index contributed by atoms with van der Waals surface area (Å²) >= 11 is 0. The van der Waals surface area contributed by atoms with Crippen LogP contribution in [0.1, 0.15) is 0 Å². The van der Waals surface area contributed by atoms with E-state index in [1.807, 2.05) is 0 Å². The highest BCUT2D eigenvalue weighted by Gasteiger charge is 2.09. The molecule has 0 fully saturated rings. The Labute approximate surface area is 90.0 Å². The van der Waals surface area contributed by atoms with Crippen molar-refractivity contribution < 1.29 is 9.13 Å². The number of aromatic nitrogens is 4. The third kappa shape index (κ3) is 2.06. The Hall–Kier alpha value is -2.22. The first kappa shape index (κ1) is 10.3. The van der Waals surface area contributed by atoms with Crippen LogP contribution >= 0.6 is 0 Å². The van der Waals surface area contributed by atoms with E-state index >= 15 is 0 Å². The second-order valence-corrected chi connectivity index (χ2v) is 2.94. The summed E-state index contributed by atoms with van der Waals surface area (Å²) < 4.78 is 19.9. The standard InChI is InChI=1S/C8H9FN6O/c1-15-4-5(2-12-15)16-7-6(9)3-11-8(13-7)14-10/h2-4H,10H2,1H3,(H,11,13,14). The van der Waals surface area contributed by atoms with E-state index in [0.29, 0.717) is 5.75 Å². The quantitative estimate of drug-likeness (QED) is 0.580. The Balaban J connectivity index is 2.26. The summed E-state index contributed by atoms with van der Waals surface area (Å²) in [5, 5.41) is 3.87. The van der Waals surface area contributed by atoms with Crippen LogP contribution in [0.15, 0.2) is 18.6 Å². The lowest BCUT2D eigenvalue weighted by molar-refractivity contribution is 0.420. The van der Waals surface area contributed by atoms with Crippen molar-refractivity contribution in [1.82, 2.24) is 19.7 Å². The van der Waals surface area contributed by atoms with Crippen LogP contribution in [-0.4, -0.2) is 19.7 Å². The van der Waals surface area contributed by atoms with Crippen molar-refractivity contribution in [3.05, 3.63) is 24.4 Å². The summed E-state index contributed by atoms with van der Waals surface area (Å²) in [6.07, 6.45) is 3.99. The molecule has 0 aliphatic heterocycles. The fourth-order valence-electron chi connectivity index (χ4n) is 1.06. The molecule has 16 heavy (non-hydrogen) atoms. The second-order valence-electron chi connectivity index (χ2n) is 2.94. The molecule has 7 nitrogen and oxygen atoms in total. The van der Waals surface area contributed by atoms with E-state index in [-0.39, 0.29) is 11.8 Å². The predicted octanol–water partition coefficient (Wildman–Crippen LogP) is 0.427. The second kappa shape index (κ2) is 4.11. The topological polar surface area (TPSA) is 90.9 Å². The number of hydrazine groups is 1. The Bertz CT molecular complexity index is 499. The van der Waals surface area contributed by atoms with E-state index in [9.17, 15) is 4.39 Å². The Morgan fingerprint density at radius 3 is 2.94 bits per heavy atom. The van der Waals surface area contributed by atoms with Crippen molar-refractivity contribution in [3.63, 3.8) is 0 Å². The van der Waals surface area contributed by atoms with E-state index in [0.717, 1.165) is 6.20 Å². The molecule has 0 saturated carbocycles. The highest BCUT2D eigenvalue weighted by molar-refractivity contribution is 5.29. The van der Waals surface area contributed by atoms with Crippen molar-refractivity contribution >= 4 is 5.95 Å². The number of anilines is 1. The minimum Gasteiger partial charge on any atom is -0.433 e. The number of hydrogen-bond donors (Lipinski definition) is 2. The van der Waals surface area contributed by atoms with Crippen LogP contribution < -0.4 is 16.0 Å². The van der Waals surface area contributed by atoms with Crippen molar-refractivity contribution in [2.45, 2.75) is 0 Å². The van der Waals surface area contributed by atoms with E-state index in [1.54, 1.807) is 13.2 Å². The summed E-state index contributed by atoms with van der Waals surface area (Å²) in [5.74, 6) is 4.65. The number of nitrogen functional groups attached to an aromatic ring is 1. The lowest BCUT2D eigenvalue weighted by Crippen LogP contribution is -2.11. The van der Waals surface area contributed by atoms with Crippen molar-refractivity contribution in [2.24, 2.45) is 12.9 Å². The summed E-state index contributed by atoms with van der Waals surface area (Å²) in [4.78, 5) is 7.30. The molecule has 84 valence electrons. The Morgan fingerprint density at radius 2 is 2.31 bits per heavy atom. The molecular weight excluding hydrogens is 215 g/mol.